The van der Waals surface area contributed by atoms with Gasteiger partial charge in [-0.05, 0) is 18.9 Å². The highest BCUT2D eigenvalue weighted by atomic mass is 35.5. The van der Waals surface area contributed by atoms with E-state index in [-0.39, 0.29) is 12.1 Å². The maximum Gasteiger partial charge on any atom is 0.315 e. The third-order valence-electron chi connectivity index (χ3n) is 3.88. The average Bonchev–Trinajstić information content (AvgIpc) is 3.05. The molecule has 0 spiro atoms. The Labute approximate surface area is 150 Å². The molecule has 2 heterocycles. The first kappa shape index (κ1) is 17.2. The molecule has 1 fully saturated rings. The van der Waals surface area contributed by atoms with Crippen LogP contribution >= 0.6 is 22.9 Å². The van der Waals surface area contributed by atoms with E-state index in [9.17, 15) is 4.79 Å². The van der Waals surface area contributed by atoms with Crippen LogP contribution in [0.2, 0.25) is 5.02 Å². The molecule has 3 rings (SSSR count). The quantitative estimate of drug-likeness (QED) is 0.852. The van der Waals surface area contributed by atoms with Gasteiger partial charge in [0.05, 0.1) is 10.7 Å². The number of aromatic nitrogens is 1. The molecule has 0 bridgehead atoms. The van der Waals surface area contributed by atoms with Gasteiger partial charge in [-0.15, -0.1) is 11.3 Å². The molecule has 1 aliphatic heterocycles. The summed E-state index contributed by atoms with van der Waals surface area (Å²) < 4.78 is 5.28. The number of hydrogen-bond donors (Lipinski definition) is 2. The van der Waals surface area contributed by atoms with Crippen molar-refractivity contribution in [1.82, 2.24) is 15.6 Å². The Bertz CT molecular complexity index is 686. The van der Waals surface area contributed by atoms with Crippen LogP contribution in [0.4, 0.5) is 4.79 Å². The van der Waals surface area contributed by atoms with E-state index < -0.39 is 0 Å². The van der Waals surface area contributed by atoms with Crippen molar-refractivity contribution in [1.29, 1.82) is 0 Å². The minimum Gasteiger partial charge on any atom is -0.381 e. The molecule has 0 radical (unpaired) electrons. The van der Waals surface area contributed by atoms with Crippen LogP contribution in [0.3, 0.4) is 0 Å². The maximum absolute atomic E-state index is 11.9. The highest BCUT2D eigenvalue weighted by molar-refractivity contribution is 7.13. The summed E-state index contributed by atoms with van der Waals surface area (Å²) in [4.78, 5) is 16.5. The number of rotatable bonds is 5. The predicted octanol–water partition coefficient (Wildman–Crippen LogP) is 3.48. The molecule has 1 aliphatic rings. The van der Waals surface area contributed by atoms with E-state index in [1.165, 1.54) is 0 Å². The van der Waals surface area contributed by atoms with Crippen molar-refractivity contribution >= 4 is 29.0 Å². The molecule has 2 N–H and O–H groups in total. The number of carbonyl (C=O) groups is 1. The summed E-state index contributed by atoms with van der Waals surface area (Å²) in [6, 6.07) is 7.77. The molecule has 7 heteroatoms. The summed E-state index contributed by atoms with van der Waals surface area (Å²) in [5.41, 5.74) is 1.90. The third-order valence-corrected chi connectivity index (χ3v) is 5.13. The topological polar surface area (TPSA) is 63.2 Å². The summed E-state index contributed by atoms with van der Waals surface area (Å²) in [6.07, 6.45) is 2.45. The first-order chi connectivity index (χ1) is 11.7. The van der Waals surface area contributed by atoms with E-state index in [0.717, 1.165) is 29.1 Å². The Morgan fingerprint density at radius 2 is 2.12 bits per heavy atom. The number of hydrogen-bond acceptors (Lipinski definition) is 4. The van der Waals surface area contributed by atoms with Crippen LogP contribution in [0, 0.1) is 0 Å². The number of nitrogens with zero attached hydrogens (tertiary/aromatic N) is 1. The summed E-state index contributed by atoms with van der Waals surface area (Å²) in [7, 11) is 0. The van der Waals surface area contributed by atoms with Crippen LogP contribution in [0.1, 0.15) is 18.5 Å². The smallest absolute Gasteiger partial charge is 0.315 e. The minimum atomic E-state index is -0.122. The van der Waals surface area contributed by atoms with Crippen LogP contribution < -0.4 is 10.6 Å². The van der Waals surface area contributed by atoms with Crippen molar-refractivity contribution in [2.24, 2.45) is 0 Å². The van der Waals surface area contributed by atoms with E-state index >= 15 is 0 Å². The fourth-order valence-electron chi connectivity index (χ4n) is 2.56. The molecule has 1 aromatic heterocycles. The summed E-state index contributed by atoms with van der Waals surface area (Å²) in [5.74, 6) is 0. The normalized spacial score (nSPS) is 15.2. The van der Waals surface area contributed by atoms with Gasteiger partial charge in [-0.25, -0.2) is 9.78 Å². The van der Waals surface area contributed by atoms with Crippen molar-refractivity contribution in [3.8, 4) is 10.6 Å². The van der Waals surface area contributed by atoms with Gasteiger partial charge in [-0.1, -0.05) is 29.8 Å². The number of carbonyl (C=O) groups excluding carboxylic acids is 1. The van der Waals surface area contributed by atoms with E-state index in [4.69, 9.17) is 16.3 Å². The molecular formula is C17H20ClN3O2S. The zero-order valence-electron chi connectivity index (χ0n) is 13.3. The number of benzene rings is 1. The van der Waals surface area contributed by atoms with Crippen molar-refractivity contribution in [2.45, 2.75) is 25.3 Å². The van der Waals surface area contributed by atoms with Gasteiger partial charge in [0.15, 0.2) is 0 Å². The number of nitrogens with one attached hydrogen (secondary N) is 2. The Balaban J connectivity index is 1.45. The van der Waals surface area contributed by atoms with Gasteiger partial charge in [0, 0.05) is 43.2 Å². The number of amides is 2. The van der Waals surface area contributed by atoms with Gasteiger partial charge in [0.1, 0.15) is 5.01 Å². The van der Waals surface area contributed by atoms with Gasteiger partial charge in [-0.2, -0.15) is 0 Å². The van der Waals surface area contributed by atoms with Gasteiger partial charge >= 0.3 is 6.03 Å². The maximum atomic E-state index is 11.9. The lowest BCUT2D eigenvalue weighted by Gasteiger charge is -2.23. The Morgan fingerprint density at radius 1 is 1.33 bits per heavy atom. The lowest BCUT2D eigenvalue weighted by atomic mass is 10.1. The van der Waals surface area contributed by atoms with Crippen molar-refractivity contribution < 1.29 is 9.53 Å². The Kier molecular flexibility index (Phi) is 6.07. The summed E-state index contributed by atoms with van der Waals surface area (Å²) in [6.45, 7) is 1.99. The molecule has 24 heavy (non-hydrogen) atoms. The van der Waals surface area contributed by atoms with Gasteiger partial charge < -0.3 is 15.4 Å². The second-order valence-corrected chi connectivity index (χ2v) is 6.93. The zero-order valence-corrected chi connectivity index (χ0v) is 14.8. The SMILES string of the molecule is O=C(NCCc1csc(-c2ccccc2Cl)n1)NC1CCOCC1. The molecule has 0 saturated carbocycles. The molecule has 0 unspecified atom stereocenters. The minimum absolute atomic E-state index is 0.122. The first-order valence-corrected chi connectivity index (χ1v) is 9.29. The zero-order chi connectivity index (χ0) is 16.8. The standard InChI is InChI=1S/C17H20ClN3O2S/c18-15-4-2-1-3-14(15)16-20-13(11-24-16)5-8-19-17(22)21-12-6-9-23-10-7-12/h1-4,11-12H,5-10H2,(H2,19,21,22). The molecule has 2 aromatic rings. The lowest BCUT2D eigenvalue weighted by Crippen LogP contribution is -2.44. The van der Waals surface area contributed by atoms with Crippen LogP contribution in [0.25, 0.3) is 10.6 Å². The van der Waals surface area contributed by atoms with Gasteiger partial charge in [0.2, 0.25) is 0 Å². The van der Waals surface area contributed by atoms with E-state index in [2.05, 4.69) is 15.6 Å². The van der Waals surface area contributed by atoms with Crippen molar-refractivity contribution in [3.05, 3.63) is 40.4 Å². The fourth-order valence-corrected chi connectivity index (χ4v) is 3.74. The van der Waals surface area contributed by atoms with E-state index in [1.54, 1.807) is 11.3 Å². The molecule has 128 valence electrons. The third kappa shape index (κ3) is 4.69. The summed E-state index contributed by atoms with van der Waals surface area (Å²) >= 11 is 7.77. The largest absolute Gasteiger partial charge is 0.381 e. The molecule has 0 atom stereocenters. The predicted molar refractivity (Wildman–Crippen MR) is 96.6 cm³/mol. The van der Waals surface area contributed by atoms with E-state index in [0.29, 0.717) is 31.2 Å². The highest BCUT2D eigenvalue weighted by Crippen LogP contribution is 2.30. The van der Waals surface area contributed by atoms with Gasteiger partial charge in [-0.3, -0.25) is 0 Å². The summed E-state index contributed by atoms with van der Waals surface area (Å²) in [5, 5.41) is 9.48. The second-order valence-electron chi connectivity index (χ2n) is 5.66. The first-order valence-electron chi connectivity index (χ1n) is 8.04. The number of thiazole rings is 1. The number of halogens is 1. The van der Waals surface area contributed by atoms with Gasteiger partial charge in [0.25, 0.3) is 0 Å². The second kappa shape index (κ2) is 8.46. The number of ether oxygens (including phenoxy) is 1. The Morgan fingerprint density at radius 3 is 2.92 bits per heavy atom. The molecule has 1 aromatic carbocycles. The molecule has 1 saturated heterocycles. The van der Waals surface area contributed by atoms with Crippen LogP contribution in [0.5, 0.6) is 0 Å². The lowest BCUT2D eigenvalue weighted by molar-refractivity contribution is 0.0801. The highest BCUT2D eigenvalue weighted by Gasteiger charge is 2.15. The van der Waals surface area contributed by atoms with Crippen LogP contribution in [-0.2, 0) is 11.2 Å². The molecule has 0 aliphatic carbocycles. The van der Waals surface area contributed by atoms with Crippen LogP contribution in [0.15, 0.2) is 29.6 Å². The van der Waals surface area contributed by atoms with Crippen molar-refractivity contribution in [3.63, 3.8) is 0 Å². The molecular weight excluding hydrogens is 346 g/mol. The fraction of sp³-hybridized carbons (Fsp3) is 0.412. The monoisotopic (exact) mass is 365 g/mol. The Hall–Kier alpha value is -1.63. The van der Waals surface area contributed by atoms with Crippen molar-refractivity contribution in [2.75, 3.05) is 19.8 Å². The molecule has 5 nitrogen and oxygen atoms in total. The molecule has 2 amide bonds. The van der Waals surface area contributed by atoms with E-state index in [1.807, 2.05) is 29.6 Å². The average molecular weight is 366 g/mol. The number of urea groups is 1. The van der Waals surface area contributed by atoms with Crippen LogP contribution in [-0.4, -0.2) is 36.8 Å².